The summed E-state index contributed by atoms with van der Waals surface area (Å²) in [5.41, 5.74) is 1.73. The number of piperidine rings is 1. The number of anilines is 1. The van der Waals surface area contributed by atoms with Gasteiger partial charge in [0.05, 0.1) is 23.1 Å². The van der Waals surface area contributed by atoms with Gasteiger partial charge in [0, 0.05) is 50.2 Å². The molecular weight excluding hydrogens is 428 g/mol. The fraction of sp³-hybridized carbons (Fsp3) is 0.250. The lowest BCUT2D eigenvalue weighted by atomic mass is 10.0. The molecule has 33 heavy (non-hydrogen) atoms. The quantitative estimate of drug-likeness (QED) is 0.645. The molecule has 2 aromatic heterocycles. The first-order chi connectivity index (χ1) is 15.9. The fourth-order valence-electron chi connectivity index (χ4n) is 3.85. The van der Waals surface area contributed by atoms with Crippen LogP contribution in [0.5, 0.6) is 0 Å². The molecular formula is C24H23F2N5O2. The Hall–Kier alpha value is -3.88. The second-order valence-corrected chi connectivity index (χ2v) is 7.90. The van der Waals surface area contributed by atoms with Gasteiger partial charge in [0.15, 0.2) is 0 Å². The minimum Gasteiger partial charge on any atom is -0.338 e. The summed E-state index contributed by atoms with van der Waals surface area (Å²) in [6, 6.07) is 9.59. The molecule has 1 N–H and O–H groups in total. The predicted octanol–water partition coefficient (Wildman–Crippen LogP) is 4.19. The lowest BCUT2D eigenvalue weighted by Crippen LogP contribution is -2.48. The summed E-state index contributed by atoms with van der Waals surface area (Å²) in [5.74, 6) is -1.42. The summed E-state index contributed by atoms with van der Waals surface area (Å²) in [6.45, 7) is 1.10. The molecule has 3 heterocycles. The number of urea groups is 1. The maximum Gasteiger partial charge on any atom is 0.321 e. The first kappa shape index (κ1) is 22.3. The number of rotatable bonds is 4. The van der Waals surface area contributed by atoms with Gasteiger partial charge in [-0.15, -0.1) is 0 Å². The highest BCUT2D eigenvalue weighted by atomic mass is 19.1. The predicted molar refractivity (Wildman–Crippen MR) is 120 cm³/mol. The van der Waals surface area contributed by atoms with Crippen LogP contribution in [0.15, 0.2) is 61.1 Å². The van der Waals surface area contributed by atoms with Gasteiger partial charge in [-0.3, -0.25) is 14.8 Å². The van der Waals surface area contributed by atoms with Gasteiger partial charge >= 0.3 is 6.03 Å². The molecule has 3 amide bonds. The monoisotopic (exact) mass is 451 g/mol. The summed E-state index contributed by atoms with van der Waals surface area (Å²) in [7, 11) is 1.72. The maximum atomic E-state index is 13.4. The van der Waals surface area contributed by atoms with Gasteiger partial charge in [-0.2, -0.15) is 0 Å². The molecule has 0 spiro atoms. The number of nitrogens with zero attached hydrogens (tertiary/aromatic N) is 4. The molecule has 7 nitrogen and oxygen atoms in total. The van der Waals surface area contributed by atoms with Crippen LogP contribution >= 0.6 is 0 Å². The fourth-order valence-corrected chi connectivity index (χ4v) is 3.85. The van der Waals surface area contributed by atoms with E-state index in [1.54, 1.807) is 53.5 Å². The zero-order valence-corrected chi connectivity index (χ0v) is 18.0. The summed E-state index contributed by atoms with van der Waals surface area (Å²) in [6.07, 6.45) is 5.95. The molecule has 3 aromatic rings. The number of benzene rings is 1. The Bertz CT molecular complexity index is 1110. The molecule has 0 radical (unpaired) electrons. The number of hydrogen-bond acceptors (Lipinski definition) is 4. The Morgan fingerprint density at radius 1 is 1.06 bits per heavy atom. The Labute approximate surface area is 190 Å². The van der Waals surface area contributed by atoms with Crippen molar-refractivity contribution in [3.05, 3.63) is 78.3 Å². The molecule has 0 bridgehead atoms. The molecule has 0 saturated carbocycles. The second kappa shape index (κ2) is 9.72. The van der Waals surface area contributed by atoms with E-state index in [4.69, 9.17) is 0 Å². The molecule has 9 heteroatoms. The van der Waals surface area contributed by atoms with Gasteiger partial charge < -0.3 is 15.1 Å². The Balaban J connectivity index is 1.32. The van der Waals surface area contributed by atoms with Crippen LogP contribution in [-0.2, 0) is 0 Å². The third-order valence-corrected chi connectivity index (χ3v) is 5.70. The summed E-state index contributed by atoms with van der Waals surface area (Å²) >= 11 is 0. The highest BCUT2D eigenvalue weighted by molar-refractivity contribution is 5.94. The number of hydrogen-bond donors (Lipinski definition) is 1. The van der Waals surface area contributed by atoms with E-state index in [1.807, 2.05) is 0 Å². The first-order valence-corrected chi connectivity index (χ1v) is 10.6. The highest BCUT2D eigenvalue weighted by Gasteiger charge is 2.28. The van der Waals surface area contributed by atoms with Crippen LogP contribution in [0.2, 0.25) is 0 Å². The number of nitrogens with one attached hydrogen (secondary N) is 1. The number of aromatic nitrogens is 2. The number of carbonyl (C=O) groups excluding carboxylic acids is 2. The average Bonchev–Trinajstić information content (AvgIpc) is 2.83. The standard InChI is InChI=1S/C24H23F2N5O2/c1-30(21-6-9-31(10-7-21)23(32)16-3-2-8-27-14-16)24(33)29-20-4-5-22(28-15-20)17-11-18(25)13-19(26)12-17/h2-5,8,11-15,21H,6-7,9-10H2,1H3,(H,29,33). The number of amides is 3. The Morgan fingerprint density at radius 2 is 1.79 bits per heavy atom. The van der Waals surface area contributed by atoms with E-state index in [-0.39, 0.29) is 18.0 Å². The van der Waals surface area contributed by atoms with Crippen molar-refractivity contribution < 1.29 is 18.4 Å². The van der Waals surface area contributed by atoms with Gasteiger partial charge in [0.2, 0.25) is 0 Å². The highest BCUT2D eigenvalue weighted by Crippen LogP contribution is 2.22. The maximum absolute atomic E-state index is 13.4. The van der Waals surface area contributed by atoms with E-state index in [2.05, 4.69) is 15.3 Å². The minimum absolute atomic E-state index is 0.00884. The molecule has 0 unspecified atom stereocenters. The summed E-state index contributed by atoms with van der Waals surface area (Å²) in [5, 5.41) is 2.79. The van der Waals surface area contributed by atoms with Crippen molar-refractivity contribution in [2.24, 2.45) is 0 Å². The molecule has 1 fully saturated rings. The van der Waals surface area contributed by atoms with Crippen LogP contribution in [0, 0.1) is 11.6 Å². The molecule has 1 saturated heterocycles. The average molecular weight is 451 g/mol. The zero-order chi connectivity index (χ0) is 23.4. The van der Waals surface area contributed by atoms with Crippen molar-refractivity contribution in [1.82, 2.24) is 19.8 Å². The number of likely N-dealkylation sites (tertiary alicyclic amines) is 1. The third kappa shape index (κ3) is 5.31. The van der Waals surface area contributed by atoms with Crippen molar-refractivity contribution in [3.63, 3.8) is 0 Å². The van der Waals surface area contributed by atoms with Crippen molar-refractivity contribution in [1.29, 1.82) is 0 Å². The van der Waals surface area contributed by atoms with E-state index in [1.165, 1.54) is 18.3 Å². The van der Waals surface area contributed by atoms with Crippen LogP contribution in [-0.4, -0.2) is 57.9 Å². The second-order valence-electron chi connectivity index (χ2n) is 7.90. The molecule has 170 valence electrons. The van der Waals surface area contributed by atoms with Crippen molar-refractivity contribution in [2.45, 2.75) is 18.9 Å². The molecule has 0 aliphatic carbocycles. The molecule has 1 aliphatic heterocycles. The molecule has 1 aliphatic rings. The van der Waals surface area contributed by atoms with E-state index < -0.39 is 11.6 Å². The molecule has 1 aromatic carbocycles. The lowest BCUT2D eigenvalue weighted by Gasteiger charge is -2.36. The van der Waals surface area contributed by atoms with Crippen LogP contribution in [0.25, 0.3) is 11.3 Å². The van der Waals surface area contributed by atoms with Crippen LogP contribution in [0.3, 0.4) is 0 Å². The van der Waals surface area contributed by atoms with Gasteiger partial charge in [-0.05, 0) is 49.2 Å². The third-order valence-electron chi connectivity index (χ3n) is 5.70. The zero-order valence-electron chi connectivity index (χ0n) is 18.0. The number of pyridine rings is 2. The lowest BCUT2D eigenvalue weighted by molar-refractivity contribution is 0.0671. The van der Waals surface area contributed by atoms with Gasteiger partial charge in [0.1, 0.15) is 11.6 Å². The van der Waals surface area contributed by atoms with Gasteiger partial charge in [-0.1, -0.05) is 0 Å². The van der Waals surface area contributed by atoms with Crippen molar-refractivity contribution in [2.75, 3.05) is 25.5 Å². The topological polar surface area (TPSA) is 78.4 Å². The Kier molecular flexibility index (Phi) is 6.58. The van der Waals surface area contributed by atoms with Gasteiger partial charge in [0.25, 0.3) is 5.91 Å². The smallest absolute Gasteiger partial charge is 0.321 e. The van der Waals surface area contributed by atoms with E-state index in [0.29, 0.717) is 48.4 Å². The SMILES string of the molecule is CN(C(=O)Nc1ccc(-c2cc(F)cc(F)c2)nc1)C1CCN(C(=O)c2cccnc2)CC1. The largest absolute Gasteiger partial charge is 0.338 e. The minimum atomic E-state index is -0.681. The van der Waals surface area contributed by atoms with E-state index >= 15 is 0 Å². The van der Waals surface area contributed by atoms with Crippen LogP contribution in [0.4, 0.5) is 19.3 Å². The molecule has 0 atom stereocenters. The van der Waals surface area contributed by atoms with E-state index in [0.717, 1.165) is 6.07 Å². The summed E-state index contributed by atoms with van der Waals surface area (Å²) < 4.78 is 26.9. The first-order valence-electron chi connectivity index (χ1n) is 10.6. The van der Waals surface area contributed by atoms with E-state index in [9.17, 15) is 18.4 Å². The van der Waals surface area contributed by atoms with Crippen LogP contribution in [0.1, 0.15) is 23.2 Å². The van der Waals surface area contributed by atoms with Gasteiger partial charge in [-0.25, -0.2) is 13.6 Å². The number of halogens is 2. The van der Waals surface area contributed by atoms with Crippen molar-refractivity contribution >= 4 is 17.6 Å². The van der Waals surface area contributed by atoms with Crippen LogP contribution < -0.4 is 5.32 Å². The molecule has 4 rings (SSSR count). The van der Waals surface area contributed by atoms with Crippen molar-refractivity contribution in [3.8, 4) is 11.3 Å². The summed E-state index contributed by atoms with van der Waals surface area (Å²) in [4.78, 5) is 36.8. The Morgan fingerprint density at radius 3 is 2.39 bits per heavy atom. The number of carbonyl (C=O) groups is 2. The normalized spacial score (nSPS) is 14.1.